The van der Waals surface area contributed by atoms with Gasteiger partial charge in [-0.15, -0.1) is 11.6 Å². The number of hydrogen-bond acceptors (Lipinski definition) is 3. The average Bonchev–Trinajstić information content (AvgIpc) is 2.34. The Bertz CT molecular complexity index is 546. The molecule has 0 saturated carbocycles. The third kappa shape index (κ3) is 2.68. The summed E-state index contributed by atoms with van der Waals surface area (Å²) < 4.78 is 37.5. The number of carbonyl (C=O) groups excluding carboxylic acids is 2. The van der Waals surface area contributed by atoms with Crippen LogP contribution in [0.4, 0.5) is 13.2 Å². The Morgan fingerprint density at radius 2 is 2.06 bits per heavy atom. The second-order valence-electron chi connectivity index (χ2n) is 3.27. The number of alkyl halides is 4. The van der Waals surface area contributed by atoms with Gasteiger partial charge in [0.2, 0.25) is 0 Å². The molecule has 1 rings (SSSR count). The first-order valence-electron chi connectivity index (χ1n) is 4.54. The van der Waals surface area contributed by atoms with Crippen LogP contribution in [0, 0.1) is 11.3 Å². The molecule has 0 aliphatic heterocycles. The number of carbonyl (C=O) groups is 2. The van der Waals surface area contributed by atoms with Crippen molar-refractivity contribution < 1.29 is 22.8 Å². The standard InChI is InChI=1S/C11H5ClF3NO2/c12-3-9(18)10-6(4-16)1-8(11(13,14)15)2-7(10)5-17/h1-2,5H,3H2. The number of rotatable bonds is 3. The van der Waals surface area contributed by atoms with Gasteiger partial charge >= 0.3 is 6.18 Å². The van der Waals surface area contributed by atoms with Gasteiger partial charge in [0.05, 0.1) is 23.1 Å². The zero-order valence-corrected chi connectivity index (χ0v) is 9.47. The Labute approximate surface area is 105 Å². The van der Waals surface area contributed by atoms with E-state index in [0.29, 0.717) is 12.1 Å². The van der Waals surface area contributed by atoms with Gasteiger partial charge in [0.1, 0.15) is 0 Å². The van der Waals surface area contributed by atoms with Crippen molar-refractivity contribution in [3.05, 3.63) is 34.4 Å². The van der Waals surface area contributed by atoms with Crippen LogP contribution in [0.5, 0.6) is 0 Å². The molecule has 7 heteroatoms. The molecule has 18 heavy (non-hydrogen) atoms. The van der Waals surface area contributed by atoms with Crippen molar-refractivity contribution >= 4 is 23.7 Å². The highest BCUT2D eigenvalue weighted by molar-refractivity contribution is 6.31. The van der Waals surface area contributed by atoms with Crippen molar-refractivity contribution in [3.8, 4) is 6.07 Å². The molecule has 0 aromatic heterocycles. The summed E-state index contributed by atoms with van der Waals surface area (Å²) in [6.45, 7) is 0. The number of Topliss-reactive ketones (excluding diaryl/α,β-unsaturated/α-hetero) is 1. The number of ketones is 1. The zero-order chi connectivity index (χ0) is 13.9. The molecule has 0 aliphatic rings. The number of benzene rings is 1. The molecule has 3 nitrogen and oxygen atoms in total. The van der Waals surface area contributed by atoms with Crippen LogP contribution in [0.25, 0.3) is 0 Å². The van der Waals surface area contributed by atoms with Crippen LogP contribution in [0.3, 0.4) is 0 Å². The molecule has 0 radical (unpaired) electrons. The molecule has 0 bridgehead atoms. The van der Waals surface area contributed by atoms with E-state index in [1.807, 2.05) is 0 Å². The van der Waals surface area contributed by atoms with Gasteiger partial charge in [0, 0.05) is 11.1 Å². The third-order valence-corrected chi connectivity index (χ3v) is 2.39. The third-order valence-electron chi connectivity index (χ3n) is 2.14. The van der Waals surface area contributed by atoms with Crippen molar-refractivity contribution in [3.63, 3.8) is 0 Å². The van der Waals surface area contributed by atoms with Crippen molar-refractivity contribution in [2.75, 3.05) is 5.88 Å². The van der Waals surface area contributed by atoms with Crippen molar-refractivity contribution in [1.82, 2.24) is 0 Å². The topological polar surface area (TPSA) is 57.9 Å². The molecule has 1 aromatic carbocycles. The second kappa shape index (κ2) is 5.19. The fraction of sp³-hybridized carbons (Fsp3) is 0.182. The Morgan fingerprint density at radius 1 is 1.44 bits per heavy atom. The number of nitriles is 1. The van der Waals surface area contributed by atoms with E-state index in [2.05, 4.69) is 0 Å². The summed E-state index contributed by atoms with van der Waals surface area (Å²) in [5.41, 5.74) is -2.55. The van der Waals surface area contributed by atoms with Gasteiger partial charge in [-0.05, 0) is 12.1 Å². The Balaban J connectivity index is 3.61. The molecular weight excluding hydrogens is 271 g/mol. The summed E-state index contributed by atoms with van der Waals surface area (Å²) >= 11 is 5.28. The summed E-state index contributed by atoms with van der Waals surface area (Å²) in [7, 11) is 0. The fourth-order valence-corrected chi connectivity index (χ4v) is 1.52. The Morgan fingerprint density at radius 3 is 2.44 bits per heavy atom. The summed E-state index contributed by atoms with van der Waals surface area (Å²) in [5, 5.41) is 8.74. The number of nitrogens with zero attached hydrogens (tertiary/aromatic N) is 1. The highest BCUT2D eigenvalue weighted by atomic mass is 35.5. The van der Waals surface area contributed by atoms with Crippen LogP contribution in [0.2, 0.25) is 0 Å². The number of halogens is 4. The smallest absolute Gasteiger partial charge is 0.298 e. The van der Waals surface area contributed by atoms with Crippen molar-refractivity contribution in [1.29, 1.82) is 5.26 Å². The molecular formula is C11H5ClF3NO2. The first-order chi connectivity index (χ1) is 8.35. The van der Waals surface area contributed by atoms with Crippen molar-refractivity contribution in [2.45, 2.75) is 6.18 Å². The molecule has 0 heterocycles. The Hall–Kier alpha value is -1.87. The Kier molecular flexibility index (Phi) is 4.09. The SMILES string of the molecule is N#Cc1cc(C(F)(F)F)cc(C=O)c1C(=O)CCl. The van der Waals surface area contributed by atoms with Crippen LogP contribution < -0.4 is 0 Å². The first-order valence-corrected chi connectivity index (χ1v) is 5.08. The largest absolute Gasteiger partial charge is 0.416 e. The maximum Gasteiger partial charge on any atom is 0.416 e. The minimum absolute atomic E-state index is 0.0931. The van der Waals surface area contributed by atoms with E-state index in [9.17, 15) is 22.8 Å². The van der Waals surface area contributed by atoms with Gasteiger partial charge in [-0.3, -0.25) is 9.59 Å². The lowest BCUT2D eigenvalue weighted by Crippen LogP contribution is -2.12. The molecule has 1 aromatic rings. The summed E-state index contributed by atoms with van der Waals surface area (Å²) in [6, 6.07) is 2.50. The van der Waals surface area contributed by atoms with E-state index >= 15 is 0 Å². The van der Waals surface area contributed by atoms with Gasteiger partial charge in [0.25, 0.3) is 0 Å². The van der Waals surface area contributed by atoms with Crippen molar-refractivity contribution in [2.24, 2.45) is 0 Å². The van der Waals surface area contributed by atoms with Crippen LogP contribution >= 0.6 is 11.6 Å². The molecule has 0 aliphatic carbocycles. The van der Waals surface area contributed by atoms with Crippen LogP contribution in [0.15, 0.2) is 12.1 Å². The molecule has 0 spiro atoms. The zero-order valence-electron chi connectivity index (χ0n) is 8.71. The van der Waals surface area contributed by atoms with E-state index in [1.54, 1.807) is 0 Å². The highest BCUT2D eigenvalue weighted by Gasteiger charge is 2.33. The lowest BCUT2D eigenvalue weighted by Gasteiger charge is -2.11. The van der Waals surface area contributed by atoms with E-state index in [0.717, 1.165) is 0 Å². The first kappa shape index (κ1) is 14.2. The van der Waals surface area contributed by atoms with Crippen LogP contribution in [-0.4, -0.2) is 17.9 Å². The summed E-state index contributed by atoms with van der Waals surface area (Å²) in [5.74, 6) is -1.30. The normalized spacial score (nSPS) is 10.8. The lowest BCUT2D eigenvalue weighted by molar-refractivity contribution is -0.137. The van der Waals surface area contributed by atoms with Gasteiger partial charge < -0.3 is 0 Å². The number of aldehydes is 1. The molecule has 94 valence electrons. The lowest BCUT2D eigenvalue weighted by atomic mass is 9.96. The van der Waals surface area contributed by atoms with E-state index in [4.69, 9.17) is 16.9 Å². The van der Waals surface area contributed by atoms with Gasteiger partial charge in [-0.2, -0.15) is 18.4 Å². The molecule has 0 saturated heterocycles. The molecule has 0 atom stereocenters. The molecule has 0 unspecified atom stereocenters. The van der Waals surface area contributed by atoms with E-state index in [-0.39, 0.29) is 11.8 Å². The van der Waals surface area contributed by atoms with E-state index in [1.165, 1.54) is 6.07 Å². The fourth-order valence-electron chi connectivity index (χ4n) is 1.39. The monoisotopic (exact) mass is 275 g/mol. The molecule has 0 amide bonds. The summed E-state index contributed by atoms with van der Waals surface area (Å²) in [4.78, 5) is 22.1. The minimum Gasteiger partial charge on any atom is -0.298 e. The van der Waals surface area contributed by atoms with Gasteiger partial charge in [-0.25, -0.2) is 0 Å². The quantitative estimate of drug-likeness (QED) is 0.484. The van der Waals surface area contributed by atoms with Gasteiger partial charge in [0.15, 0.2) is 12.1 Å². The number of hydrogen-bond donors (Lipinski definition) is 0. The maximum absolute atomic E-state index is 12.5. The highest BCUT2D eigenvalue weighted by Crippen LogP contribution is 2.32. The van der Waals surface area contributed by atoms with E-state index < -0.39 is 34.5 Å². The summed E-state index contributed by atoms with van der Waals surface area (Å²) in [6.07, 6.45) is -4.61. The molecule has 0 N–H and O–H groups in total. The van der Waals surface area contributed by atoms with Crippen LogP contribution in [0.1, 0.15) is 31.8 Å². The molecule has 0 fully saturated rings. The van der Waals surface area contributed by atoms with Gasteiger partial charge in [-0.1, -0.05) is 0 Å². The second-order valence-corrected chi connectivity index (χ2v) is 3.54. The average molecular weight is 276 g/mol. The predicted molar refractivity (Wildman–Crippen MR) is 56.6 cm³/mol. The maximum atomic E-state index is 12.5. The minimum atomic E-state index is -4.70. The van der Waals surface area contributed by atoms with Crippen LogP contribution in [-0.2, 0) is 6.18 Å². The predicted octanol–water partition coefficient (Wildman–Crippen LogP) is 2.81.